The van der Waals surface area contributed by atoms with Gasteiger partial charge in [-0.1, -0.05) is 72.2 Å². The molecule has 7 heteroatoms. The molecular weight excluding hydrogens is 379 g/mol. The second kappa shape index (κ2) is 7.59. The summed E-state index contributed by atoms with van der Waals surface area (Å²) in [5, 5.41) is 0.123. The fourth-order valence-corrected chi connectivity index (χ4v) is 7.59. The fourth-order valence-electron chi connectivity index (χ4n) is 2.26. The van der Waals surface area contributed by atoms with Gasteiger partial charge in [-0.2, -0.15) is 0 Å². The minimum atomic E-state index is -3.28. The van der Waals surface area contributed by atoms with E-state index in [0.29, 0.717) is 6.61 Å². The van der Waals surface area contributed by atoms with Crippen molar-refractivity contribution in [3.05, 3.63) is 35.4 Å². The normalized spacial score (nSPS) is 26.3. The van der Waals surface area contributed by atoms with E-state index in [1.807, 2.05) is 20.8 Å². The molecule has 0 aliphatic carbocycles. The lowest BCUT2D eigenvalue weighted by atomic mass is 9.97. The zero-order valence-electron chi connectivity index (χ0n) is 15.1. The van der Waals surface area contributed by atoms with Crippen LogP contribution in [0, 0.1) is 12.3 Å². The van der Waals surface area contributed by atoms with E-state index in [1.165, 1.54) is 11.1 Å². The average Bonchev–Trinajstić information content (AvgIpc) is 2.73. The van der Waals surface area contributed by atoms with E-state index < -0.39 is 6.72 Å². The molecule has 0 radical (unpaired) electrons. The first-order valence-electron chi connectivity index (χ1n) is 7.96. The Morgan fingerprint density at radius 3 is 2.38 bits per heavy atom. The highest BCUT2D eigenvalue weighted by molar-refractivity contribution is 8.77. The molecule has 1 unspecified atom stereocenters. The summed E-state index contributed by atoms with van der Waals surface area (Å²) in [5.74, 6) is 0. The van der Waals surface area contributed by atoms with Crippen LogP contribution in [0.2, 0.25) is 0 Å². The van der Waals surface area contributed by atoms with Crippen LogP contribution in [0.25, 0.3) is 0 Å². The number of hydrogen-bond acceptors (Lipinski definition) is 5. The maximum atomic E-state index is 10.5. The van der Waals surface area contributed by atoms with Crippen LogP contribution in [0.4, 0.5) is 0 Å². The fraction of sp³-hybridized carbons (Fsp3) is 0.647. The lowest BCUT2D eigenvalue weighted by molar-refractivity contribution is 0.0992. The van der Waals surface area contributed by atoms with Crippen molar-refractivity contribution in [2.24, 2.45) is 5.41 Å². The van der Waals surface area contributed by atoms with E-state index in [1.54, 1.807) is 21.6 Å². The van der Waals surface area contributed by atoms with Gasteiger partial charge < -0.3 is 13.9 Å². The molecular formula is C17H27O3PS3. The average molecular weight is 407 g/mol. The van der Waals surface area contributed by atoms with E-state index in [9.17, 15) is 4.89 Å². The molecule has 1 aromatic carbocycles. The Hall–Kier alpha value is 0.450. The van der Waals surface area contributed by atoms with Crippen molar-refractivity contribution in [3.63, 3.8) is 0 Å². The van der Waals surface area contributed by atoms with Crippen molar-refractivity contribution >= 4 is 40.1 Å². The minimum absolute atomic E-state index is 0.0683. The maximum Gasteiger partial charge on any atom is 0.324 e. The summed E-state index contributed by atoms with van der Waals surface area (Å²) in [5.41, 5.74) is 2.35. The van der Waals surface area contributed by atoms with Gasteiger partial charge in [-0.3, -0.25) is 0 Å². The van der Waals surface area contributed by atoms with Crippen LogP contribution in [0.15, 0.2) is 24.3 Å². The number of aryl methyl sites for hydroxylation is 1. The van der Waals surface area contributed by atoms with E-state index in [4.69, 9.17) is 20.9 Å². The Balaban J connectivity index is 2.17. The largest absolute Gasteiger partial charge is 0.324 e. The molecule has 0 spiro atoms. The summed E-state index contributed by atoms with van der Waals surface area (Å²) in [4.78, 5) is 10.5. The molecule has 1 saturated heterocycles. The molecule has 0 bridgehead atoms. The summed E-state index contributed by atoms with van der Waals surface area (Å²) in [6.45, 7) is 9.56. The molecule has 3 nitrogen and oxygen atoms in total. The van der Waals surface area contributed by atoms with Crippen molar-refractivity contribution in [1.29, 1.82) is 0 Å². The molecule has 2 rings (SSSR count). The van der Waals surface area contributed by atoms with E-state index in [2.05, 4.69) is 45.0 Å². The third-order valence-electron chi connectivity index (χ3n) is 3.64. The SMILES string of the molecule is Cc1ccc([C@@H]2SSC(C)(C)[C@H]2OP(O)(=S)OCC(C)(C)C)cc1. The number of hydrogen-bond donors (Lipinski definition) is 1. The van der Waals surface area contributed by atoms with Crippen LogP contribution in [-0.2, 0) is 20.9 Å². The zero-order chi connectivity index (χ0) is 18.2. The Bertz CT molecular complexity index is 611. The Labute approximate surface area is 158 Å². The van der Waals surface area contributed by atoms with E-state index in [-0.39, 0.29) is 21.5 Å². The number of benzene rings is 1. The molecule has 1 aliphatic rings. The molecule has 1 aromatic rings. The van der Waals surface area contributed by atoms with Crippen LogP contribution in [0.5, 0.6) is 0 Å². The summed E-state index contributed by atoms with van der Waals surface area (Å²) in [7, 11) is 3.55. The minimum Gasteiger partial charge on any atom is -0.324 e. The highest BCUT2D eigenvalue weighted by atomic mass is 33.1. The second-order valence-electron chi connectivity index (χ2n) is 7.94. The van der Waals surface area contributed by atoms with Gasteiger partial charge in [0, 0.05) is 4.75 Å². The van der Waals surface area contributed by atoms with Crippen molar-refractivity contribution in [3.8, 4) is 0 Å². The van der Waals surface area contributed by atoms with Gasteiger partial charge in [0.25, 0.3) is 0 Å². The summed E-state index contributed by atoms with van der Waals surface area (Å²) >= 11 is 5.28. The molecule has 1 N–H and O–H groups in total. The maximum absolute atomic E-state index is 10.5. The van der Waals surface area contributed by atoms with Gasteiger partial charge in [-0.05, 0) is 43.6 Å². The van der Waals surface area contributed by atoms with E-state index >= 15 is 0 Å². The predicted molar refractivity (Wildman–Crippen MR) is 110 cm³/mol. The van der Waals surface area contributed by atoms with Gasteiger partial charge in [0.05, 0.1) is 18.0 Å². The van der Waals surface area contributed by atoms with Crippen molar-refractivity contribution in [2.75, 3.05) is 6.61 Å². The first kappa shape index (κ1) is 20.8. The molecule has 136 valence electrons. The molecule has 0 amide bonds. The lowest BCUT2D eigenvalue weighted by Gasteiger charge is -2.32. The molecule has 0 aromatic heterocycles. The van der Waals surface area contributed by atoms with Gasteiger partial charge in [0.2, 0.25) is 0 Å². The summed E-state index contributed by atoms with van der Waals surface area (Å²) < 4.78 is 11.5. The van der Waals surface area contributed by atoms with Crippen LogP contribution in [0.3, 0.4) is 0 Å². The van der Waals surface area contributed by atoms with Gasteiger partial charge in [-0.25, -0.2) is 0 Å². The van der Waals surface area contributed by atoms with Crippen molar-refractivity contribution < 1.29 is 13.9 Å². The number of rotatable bonds is 5. The van der Waals surface area contributed by atoms with Crippen molar-refractivity contribution in [1.82, 2.24) is 0 Å². The Morgan fingerprint density at radius 2 is 1.83 bits per heavy atom. The van der Waals surface area contributed by atoms with Gasteiger partial charge in [0.1, 0.15) is 0 Å². The molecule has 1 aliphatic heterocycles. The topological polar surface area (TPSA) is 38.7 Å². The standard InChI is InChI=1S/C17H27O3PS3/c1-12-7-9-13(10-8-12)14-15(17(5,6)24-23-14)20-21(18,22)19-11-16(2,3)4/h7-10,14-15H,11H2,1-6H3,(H,18,22)/t14-,15-,21?/m0/s1. The third-order valence-corrected chi connectivity index (χ3v) is 8.85. The smallest absolute Gasteiger partial charge is 0.324 e. The highest BCUT2D eigenvalue weighted by Gasteiger charge is 2.48. The molecule has 24 heavy (non-hydrogen) atoms. The van der Waals surface area contributed by atoms with Crippen LogP contribution >= 0.6 is 28.3 Å². The summed E-state index contributed by atoms with van der Waals surface area (Å²) in [6.07, 6.45) is -0.203. The lowest BCUT2D eigenvalue weighted by Crippen LogP contribution is -2.34. The Morgan fingerprint density at radius 1 is 1.25 bits per heavy atom. The van der Waals surface area contributed by atoms with Crippen LogP contribution < -0.4 is 0 Å². The second-order valence-corrected chi connectivity index (χ2v) is 13.7. The first-order valence-corrected chi connectivity index (χ1v) is 12.8. The third kappa shape index (κ3) is 5.73. The van der Waals surface area contributed by atoms with Gasteiger partial charge in [0.15, 0.2) is 0 Å². The molecule has 1 fully saturated rings. The monoisotopic (exact) mass is 406 g/mol. The van der Waals surface area contributed by atoms with E-state index in [0.717, 1.165) is 0 Å². The van der Waals surface area contributed by atoms with Crippen LogP contribution in [0.1, 0.15) is 51.0 Å². The van der Waals surface area contributed by atoms with Gasteiger partial charge >= 0.3 is 6.72 Å². The first-order chi connectivity index (χ1) is 10.9. The molecule has 1 heterocycles. The predicted octanol–water partition coefficient (Wildman–Crippen LogP) is 5.87. The Kier molecular flexibility index (Phi) is 6.57. The highest BCUT2D eigenvalue weighted by Crippen LogP contribution is 2.63. The quantitative estimate of drug-likeness (QED) is 0.487. The molecule has 3 atom stereocenters. The zero-order valence-corrected chi connectivity index (χ0v) is 18.5. The summed E-state index contributed by atoms with van der Waals surface area (Å²) in [6, 6.07) is 8.46. The van der Waals surface area contributed by atoms with Crippen molar-refractivity contribution in [2.45, 2.75) is 57.6 Å². The van der Waals surface area contributed by atoms with Crippen LogP contribution in [-0.4, -0.2) is 22.4 Å². The van der Waals surface area contributed by atoms with Gasteiger partial charge in [-0.15, -0.1) is 0 Å². The molecule has 0 saturated carbocycles.